The number of amides is 2. The average Bonchev–Trinajstić information content (AvgIpc) is 2.39. The van der Waals surface area contributed by atoms with Gasteiger partial charge in [0.05, 0.1) is 11.3 Å². The normalized spacial score (nSPS) is 13.6. The van der Waals surface area contributed by atoms with Crippen molar-refractivity contribution < 1.29 is 14.3 Å². The first kappa shape index (κ1) is 12.2. The average molecular weight is 246 g/mol. The van der Waals surface area contributed by atoms with Gasteiger partial charge in [-0.25, -0.2) is 0 Å². The van der Waals surface area contributed by atoms with Crippen molar-refractivity contribution >= 4 is 17.5 Å². The maximum atomic E-state index is 11.9. The molecule has 0 saturated heterocycles. The Morgan fingerprint density at radius 3 is 3.11 bits per heavy atom. The third-order valence-corrected chi connectivity index (χ3v) is 2.72. The van der Waals surface area contributed by atoms with Crippen LogP contribution in [0.5, 0.6) is 5.75 Å². The van der Waals surface area contributed by atoms with Crippen LogP contribution in [-0.4, -0.2) is 32.0 Å². The minimum Gasteiger partial charge on any atom is -0.481 e. The molecule has 5 nitrogen and oxygen atoms in total. The molecule has 1 aliphatic rings. The molecular formula is C13H14N2O3. The van der Waals surface area contributed by atoms with Gasteiger partial charge in [0, 0.05) is 13.6 Å². The van der Waals surface area contributed by atoms with Gasteiger partial charge in [0.2, 0.25) is 0 Å². The zero-order valence-corrected chi connectivity index (χ0v) is 10.1. The molecule has 18 heavy (non-hydrogen) atoms. The molecule has 2 rings (SSSR count). The predicted molar refractivity (Wildman–Crippen MR) is 67.9 cm³/mol. The number of hydrogen-bond donors (Lipinski definition) is 1. The Balaban J connectivity index is 2.36. The summed E-state index contributed by atoms with van der Waals surface area (Å²) in [5.74, 6) is 0.0711. The van der Waals surface area contributed by atoms with E-state index in [-0.39, 0.29) is 18.4 Å². The lowest BCUT2D eigenvalue weighted by Gasteiger charge is -2.27. The van der Waals surface area contributed by atoms with E-state index >= 15 is 0 Å². The molecule has 0 unspecified atom stereocenters. The molecule has 0 bridgehead atoms. The Labute approximate surface area is 105 Å². The molecule has 1 aromatic carbocycles. The van der Waals surface area contributed by atoms with Gasteiger partial charge in [0.15, 0.2) is 12.4 Å². The summed E-state index contributed by atoms with van der Waals surface area (Å²) < 4.78 is 5.36. The Morgan fingerprint density at radius 2 is 2.39 bits per heavy atom. The fourth-order valence-electron chi connectivity index (χ4n) is 1.74. The van der Waals surface area contributed by atoms with Crippen LogP contribution in [0.4, 0.5) is 5.69 Å². The molecule has 1 aliphatic heterocycles. The number of anilines is 1. The number of carbonyl (C=O) groups is 2. The van der Waals surface area contributed by atoms with Gasteiger partial charge >= 0.3 is 0 Å². The molecule has 1 aromatic rings. The van der Waals surface area contributed by atoms with E-state index < -0.39 is 0 Å². The van der Waals surface area contributed by atoms with Gasteiger partial charge in [-0.2, -0.15) is 0 Å². The van der Waals surface area contributed by atoms with E-state index in [1.165, 1.54) is 4.90 Å². The number of rotatable bonds is 3. The first-order valence-corrected chi connectivity index (χ1v) is 5.56. The lowest BCUT2D eigenvalue weighted by atomic mass is 10.1. The number of nitrogens with zero attached hydrogens (tertiary/aromatic N) is 1. The molecule has 0 radical (unpaired) electrons. The summed E-state index contributed by atoms with van der Waals surface area (Å²) in [5.41, 5.74) is 1.03. The van der Waals surface area contributed by atoms with Crippen LogP contribution >= 0.6 is 0 Å². The molecular weight excluding hydrogens is 232 g/mol. The van der Waals surface area contributed by atoms with E-state index in [9.17, 15) is 9.59 Å². The lowest BCUT2D eigenvalue weighted by molar-refractivity contribution is -0.121. The van der Waals surface area contributed by atoms with E-state index in [1.807, 2.05) is 0 Å². The number of carbonyl (C=O) groups excluding carboxylic acids is 2. The van der Waals surface area contributed by atoms with Crippen molar-refractivity contribution in [3.05, 3.63) is 36.4 Å². The van der Waals surface area contributed by atoms with Gasteiger partial charge in [0.25, 0.3) is 11.8 Å². The topological polar surface area (TPSA) is 58.6 Å². The number of fused-ring (bicyclic) bond motifs is 1. The molecule has 0 saturated carbocycles. The lowest BCUT2D eigenvalue weighted by Crippen LogP contribution is -2.36. The highest BCUT2D eigenvalue weighted by Crippen LogP contribution is 2.34. The molecule has 0 atom stereocenters. The van der Waals surface area contributed by atoms with Crippen molar-refractivity contribution in [3.63, 3.8) is 0 Å². The Kier molecular flexibility index (Phi) is 3.32. The van der Waals surface area contributed by atoms with Crippen LogP contribution in [0.15, 0.2) is 30.9 Å². The smallest absolute Gasteiger partial charge is 0.264 e. The van der Waals surface area contributed by atoms with Crippen molar-refractivity contribution in [3.8, 4) is 5.75 Å². The number of nitrogens with one attached hydrogen (secondary N) is 1. The molecule has 2 amide bonds. The number of para-hydroxylation sites is 1. The largest absolute Gasteiger partial charge is 0.481 e. The minimum absolute atomic E-state index is 0.0464. The van der Waals surface area contributed by atoms with Gasteiger partial charge in [-0.1, -0.05) is 12.1 Å². The van der Waals surface area contributed by atoms with Gasteiger partial charge in [-0.05, 0) is 12.1 Å². The van der Waals surface area contributed by atoms with Gasteiger partial charge < -0.3 is 15.0 Å². The van der Waals surface area contributed by atoms with Crippen LogP contribution in [-0.2, 0) is 4.79 Å². The summed E-state index contributed by atoms with van der Waals surface area (Å²) in [6.07, 6.45) is 1.60. The van der Waals surface area contributed by atoms with E-state index in [4.69, 9.17) is 4.74 Å². The van der Waals surface area contributed by atoms with Crippen LogP contribution in [0.1, 0.15) is 10.4 Å². The quantitative estimate of drug-likeness (QED) is 0.808. The second-order valence-electron chi connectivity index (χ2n) is 3.89. The second-order valence-corrected chi connectivity index (χ2v) is 3.89. The molecule has 0 fully saturated rings. The fourth-order valence-corrected chi connectivity index (χ4v) is 1.74. The highest BCUT2D eigenvalue weighted by Gasteiger charge is 2.26. The fraction of sp³-hybridized carbons (Fsp3) is 0.231. The zero-order valence-electron chi connectivity index (χ0n) is 10.1. The maximum Gasteiger partial charge on any atom is 0.264 e. The standard InChI is InChI=1S/C13H14N2O3/c1-3-7-14-13(17)9-5-4-6-10-12(9)18-8-11(16)15(10)2/h3-6H,1,7-8H2,2H3,(H,14,17). The third-order valence-electron chi connectivity index (χ3n) is 2.72. The van der Waals surface area contributed by atoms with Crippen LogP contribution in [0.25, 0.3) is 0 Å². The summed E-state index contributed by atoms with van der Waals surface area (Å²) in [5, 5.41) is 2.68. The van der Waals surface area contributed by atoms with E-state index in [1.54, 1.807) is 31.3 Å². The van der Waals surface area contributed by atoms with E-state index in [2.05, 4.69) is 11.9 Å². The highest BCUT2D eigenvalue weighted by molar-refractivity contribution is 6.03. The number of likely N-dealkylation sites (N-methyl/N-ethyl adjacent to an activating group) is 1. The number of hydrogen-bond acceptors (Lipinski definition) is 3. The summed E-state index contributed by atoms with van der Waals surface area (Å²) >= 11 is 0. The third kappa shape index (κ3) is 2.07. The zero-order chi connectivity index (χ0) is 13.1. The number of benzene rings is 1. The minimum atomic E-state index is -0.241. The Morgan fingerprint density at radius 1 is 1.61 bits per heavy atom. The predicted octanol–water partition coefficient (Wildman–Crippen LogP) is 0.958. The Hall–Kier alpha value is -2.30. The summed E-state index contributed by atoms with van der Waals surface area (Å²) in [6, 6.07) is 5.14. The van der Waals surface area contributed by atoms with Crippen molar-refractivity contribution in [2.45, 2.75) is 0 Å². The molecule has 0 aromatic heterocycles. The van der Waals surface area contributed by atoms with Crippen LogP contribution in [0, 0.1) is 0 Å². The first-order valence-electron chi connectivity index (χ1n) is 5.56. The van der Waals surface area contributed by atoms with Crippen LogP contribution < -0.4 is 15.0 Å². The second kappa shape index (κ2) is 4.91. The van der Waals surface area contributed by atoms with Crippen molar-refractivity contribution in [2.75, 3.05) is 25.1 Å². The van der Waals surface area contributed by atoms with Gasteiger partial charge in [-0.15, -0.1) is 6.58 Å². The van der Waals surface area contributed by atoms with E-state index in [0.717, 1.165) is 0 Å². The highest BCUT2D eigenvalue weighted by atomic mass is 16.5. The first-order chi connectivity index (χ1) is 8.65. The molecule has 0 spiro atoms. The molecule has 1 heterocycles. The SMILES string of the molecule is C=CCNC(=O)c1cccc2c1OCC(=O)N2C. The maximum absolute atomic E-state index is 11.9. The van der Waals surface area contributed by atoms with Crippen molar-refractivity contribution in [1.82, 2.24) is 5.32 Å². The summed E-state index contributed by atoms with van der Waals surface area (Å²) in [6.45, 7) is 3.88. The van der Waals surface area contributed by atoms with Crippen molar-refractivity contribution in [2.24, 2.45) is 0 Å². The monoisotopic (exact) mass is 246 g/mol. The van der Waals surface area contributed by atoms with Crippen molar-refractivity contribution in [1.29, 1.82) is 0 Å². The van der Waals surface area contributed by atoms with E-state index in [0.29, 0.717) is 23.5 Å². The summed E-state index contributed by atoms with van der Waals surface area (Å²) in [7, 11) is 1.66. The van der Waals surface area contributed by atoms with Gasteiger partial charge in [-0.3, -0.25) is 9.59 Å². The van der Waals surface area contributed by atoms with Crippen LogP contribution in [0.3, 0.4) is 0 Å². The Bertz CT molecular complexity index is 511. The van der Waals surface area contributed by atoms with Crippen LogP contribution in [0.2, 0.25) is 0 Å². The van der Waals surface area contributed by atoms with Gasteiger partial charge in [0.1, 0.15) is 0 Å². The summed E-state index contributed by atoms with van der Waals surface area (Å²) in [4.78, 5) is 24.9. The number of ether oxygens (including phenoxy) is 1. The molecule has 0 aliphatic carbocycles. The molecule has 94 valence electrons. The molecule has 5 heteroatoms. The molecule has 1 N–H and O–H groups in total.